The Hall–Kier alpha value is -7.63. The number of nitrogens with zero attached hydrogens (tertiary/aromatic N) is 3. The highest BCUT2D eigenvalue weighted by atomic mass is 16.3. The smallest absolute Gasteiger partial charge is 0.164 e. The summed E-state index contributed by atoms with van der Waals surface area (Å²) in [5.74, 6) is 1.77. The highest BCUT2D eigenvalue weighted by Crippen LogP contribution is 2.39. The van der Waals surface area contributed by atoms with Crippen LogP contribution in [0.15, 0.2) is 185 Å². The highest BCUT2D eigenvalue weighted by molar-refractivity contribution is 6.13. The fourth-order valence-corrected chi connectivity index (χ4v) is 8.34. The van der Waals surface area contributed by atoms with Crippen molar-refractivity contribution in [2.45, 2.75) is 0 Å². The lowest BCUT2D eigenvalue weighted by molar-refractivity contribution is 0.669. The summed E-state index contributed by atoms with van der Waals surface area (Å²) in [6, 6.07) is 61.1. The number of hydrogen-bond donors (Lipinski definition) is 0. The molecule has 0 bridgehead atoms. The van der Waals surface area contributed by atoms with E-state index < -0.39 is 0 Å². The molecule has 0 saturated carbocycles. The number of furan rings is 2. The number of hydrogen-bond acceptors (Lipinski definition) is 5. The molecule has 5 nitrogen and oxygen atoms in total. The van der Waals surface area contributed by atoms with Gasteiger partial charge in [0.25, 0.3) is 0 Å². The van der Waals surface area contributed by atoms with E-state index in [4.69, 9.17) is 23.8 Å². The maximum atomic E-state index is 6.51. The van der Waals surface area contributed by atoms with Crippen molar-refractivity contribution in [1.82, 2.24) is 15.0 Å². The van der Waals surface area contributed by atoms with Crippen LogP contribution < -0.4 is 0 Å². The van der Waals surface area contributed by atoms with E-state index in [1.54, 1.807) is 0 Å². The molecule has 0 radical (unpaired) electrons. The second kappa shape index (κ2) is 11.9. The third-order valence-corrected chi connectivity index (χ3v) is 11.1. The SMILES string of the molecule is c1ccc(-c2ccc3c(c2)oc2cccc(-c4nc(-c5ccc6cc7c(cc6c5)oc5ccccc57)nc(-c5ccc6c(ccc7ccccc76)c5)n4)c23)cc1. The lowest BCUT2D eigenvalue weighted by Crippen LogP contribution is -2.00. The molecular weight excluding hydrogens is 687 g/mol. The summed E-state index contributed by atoms with van der Waals surface area (Å²) in [6.07, 6.45) is 0. The molecule has 0 saturated heterocycles. The van der Waals surface area contributed by atoms with Gasteiger partial charge in [0, 0.05) is 38.2 Å². The molecule has 9 aromatic carbocycles. The first kappa shape index (κ1) is 30.8. The Kier molecular flexibility index (Phi) is 6.56. The number of aromatic nitrogens is 3. The Morgan fingerprint density at radius 3 is 1.80 bits per heavy atom. The molecular formula is C51H29N3O2. The van der Waals surface area contributed by atoms with Crippen molar-refractivity contribution in [3.05, 3.63) is 176 Å². The first-order valence-electron chi connectivity index (χ1n) is 18.7. The van der Waals surface area contributed by atoms with E-state index in [1.807, 2.05) is 36.4 Å². The van der Waals surface area contributed by atoms with Crippen LogP contribution in [0.4, 0.5) is 0 Å². The van der Waals surface area contributed by atoms with Crippen LogP contribution in [-0.2, 0) is 0 Å². The summed E-state index contributed by atoms with van der Waals surface area (Å²) in [6.45, 7) is 0. The third kappa shape index (κ3) is 4.84. The molecule has 0 aliphatic rings. The van der Waals surface area contributed by atoms with E-state index in [9.17, 15) is 0 Å². The van der Waals surface area contributed by atoms with Gasteiger partial charge >= 0.3 is 0 Å². The highest BCUT2D eigenvalue weighted by Gasteiger charge is 2.19. The zero-order valence-electron chi connectivity index (χ0n) is 29.9. The Morgan fingerprint density at radius 1 is 0.286 bits per heavy atom. The van der Waals surface area contributed by atoms with E-state index in [2.05, 4.69) is 140 Å². The molecule has 0 amide bonds. The normalized spacial score (nSPS) is 11.9. The van der Waals surface area contributed by atoms with E-state index in [1.165, 1.54) is 16.2 Å². The second-order valence-electron chi connectivity index (χ2n) is 14.4. The molecule has 3 heterocycles. The van der Waals surface area contributed by atoms with Gasteiger partial charge in [0.1, 0.15) is 22.3 Å². The van der Waals surface area contributed by atoms with Crippen molar-refractivity contribution in [2.24, 2.45) is 0 Å². The van der Waals surface area contributed by atoms with Gasteiger partial charge in [0.2, 0.25) is 0 Å². The minimum atomic E-state index is 0.580. The van der Waals surface area contributed by atoms with Gasteiger partial charge in [-0.25, -0.2) is 15.0 Å². The molecule has 12 aromatic rings. The van der Waals surface area contributed by atoms with Gasteiger partial charge in [-0.3, -0.25) is 0 Å². The third-order valence-electron chi connectivity index (χ3n) is 11.1. The maximum Gasteiger partial charge on any atom is 0.164 e. The molecule has 260 valence electrons. The fourth-order valence-electron chi connectivity index (χ4n) is 8.34. The monoisotopic (exact) mass is 715 g/mol. The first-order chi connectivity index (χ1) is 27.7. The van der Waals surface area contributed by atoms with Crippen LogP contribution in [0.5, 0.6) is 0 Å². The predicted molar refractivity (Wildman–Crippen MR) is 229 cm³/mol. The number of para-hydroxylation sites is 1. The van der Waals surface area contributed by atoms with Crippen LogP contribution in [0, 0.1) is 0 Å². The lowest BCUT2D eigenvalue weighted by Gasteiger charge is -2.11. The summed E-state index contributed by atoms with van der Waals surface area (Å²) >= 11 is 0. The molecule has 12 rings (SSSR count). The van der Waals surface area contributed by atoms with Crippen LogP contribution >= 0.6 is 0 Å². The van der Waals surface area contributed by atoms with Crippen molar-refractivity contribution >= 4 is 76.2 Å². The van der Waals surface area contributed by atoms with Gasteiger partial charge in [-0.2, -0.15) is 0 Å². The molecule has 0 fully saturated rings. The Labute approximate surface area is 320 Å². The minimum Gasteiger partial charge on any atom is -0.456 e. The molecule has 0 unspecified atom stereocenters. The molecule has 0 N–H and O–H groups in total. The molecule has 0 aliphatic heterocycles. The van der Waals surface area contributed by atoms with Crippen LogP contribution in [0.2, 0.25) is 0 Å². The van der Waals surface area contributed by atoms with Gasteiger partial charge in [-0.05, 0) is 92.0 Å². The average molecular weight is 716 g/mol. The predicted octanol–water partition coefficient (Wildman–Crippen LogP) is 13.8. The quantitative estimate of drug-likeness (QED) is 0.170. The topological polar surface area (TPSA) is 65.0 Å². The van der Waals surface area contributed by atoms with Gasteiger partial charge in [0.05, 0.1) is 0 Å². The Bertz CT molecular complexity index is 3550. The van der Waals surface area contributed by atoms with Crippen molar-refractivity contribution in [2.75, 3.05) is 0 Å². The van der Waals surface area contributed by atoms with E-state index in [0.717, 1.165) is 87.9 Å². The zero-order valence-corrected chi connectivity index (χ0v) is 29.9. The molecule has 3 aromatic heterocycles. The molecule has 0 spiro atoms. The van der Waals surface area contributed by atoms with Gasteiger partial charge in [-0.15, -0.1) is 0 Å². The van der Waals surface area contributed by atoms with Crippen molar-refractivity contribution in [3.8, 4) is 45.3 Å². The van der Waals surface area contributed by atoms with Gasteiger partial charge < -0.3 is 8.83 Å². The molecule has 5 heteroatoms. The molecule has 0 aliphatic carbocycles. The van der Waals surface area contributed by atoms with Crippen LogP contribution in [0.3, 0.4) is 0 Å². The average Bonchev–Trinajstić information content (AvgIpc) is 3.82. The Morgan fingerprint density at radius 2 is 0.911 bits per heavy atom. The van der Waals surface area contributed by atoms with Crippen molar-refractivity contribution in [3.63, 3.8) is 0 Å². The molecule has 0 atom stereocenters. The number of benzene rings is 9. The lowest BCUT2D eigenvalue weighted by atomic mass is 9.99. The maximum absolute atomic E-state index is 6.51. The van der Waals surface area contributed by atoms with Gasteiger partial charge in [0.15, 0.2) is 17.5 Å². The standard InChI is InChI=1S/C51H29N3O2/c1-2-9-30(10-3-1)33-21-24-41-46(28-33)56-45-16-8-14-42(48(41)45)51-53-49(35-20-18-32-27-43-40-13-6-7-15-44(40)55-47(43)29-37(32)26-35)52-50(54-51)36-22-23-39-34(25-36)19-17-31-11-4-5-12-38(31)39/h1-29H. The first-order valence-corrected chi connectivity index (χ1v) is 18.7. The summed E-state index contributed by atoms with van der Waals surface area (Å²) in [5.41, 5.74) is 8.26. The zero-order chi connectivity index (χ0) is 36.7. The fraction of sp³-hybridized carbons (Fsp3) is 0. The summed E-state index contributed by atoms with van der Waals surface area (Å²) in [5, 5.41) is 11.1. The number of fused-ring (bicyclic) bond motifs is 10. The van der Waals surface area contributed by atoms with Crippen LogP contribution in [-0.4, -0.2) is 15.0 Å². The summed E-state index contributed by atoms with van der Waals surface area (Å²) in [7, 11) is 0. The van der Waals surface area contributed by atoms with E-state index in [0.29, 0.717) is 17.5 Å². The van der Waals surface area contributed by atoms with Gasteiger partial charge in [-0.1, -0.05) is 127 Å². The van der Waals surface area contributed by atoms with Crippen molar-refractivity contribution in [1.29, 1.82) is 0 Å². The van der Waals surface area contributed by atoms with Crippen LogP contribution in [0.25, 0.3) is 121 Å². The number of rotatable bonds is 4. The molecule has 56 heavy (non-hydrogen) atoms. The largest absolute Gasteiger partial charge is 0.456 e. The summed E-state index contributed by atoms with van der Waals surface area (Å²) in [4.78, 5) is 15.6. The summed E-state index contributed by atoms with van der Waals surface area (Å²) < 4.78 is 12.8. The van der Waals surface area contributed by atoms with E-state index >= 15 is 0 Å². The van der Waals surface area contributed by atoms with Crippen molar-refractivity contribution < 1.29 is 8.83 Å². The van der Waals surface area contributed by atoms with E-state index in [-0.39, 0.29) is 0 Å². The van der Waals surface area contributed by atoms with Crippen LogP contribution in [0.1, 0.15) is 0 Å². The minimum absolute atomic E-state index is 0.580. The Balaban J connectivity index is 1.07. The second-order valence-corrected chi connectivity index (χ2v) is 14.4.